The van der Waals surface area contributed by atoms with Crippen molar-refractivity contribution in [3.8, 4) is 0 Å². The normalized spacial score (nSPS) is 12.6. The van der Waals surface area contributed by atoms with E-state index < -0.39 is 6.10 Å². The minimum atomic E-state index is -0.562. The molecule has 0 aliphatic carbocycles. The zero-order valence-electron chi connectivity index (χ0n) is 7.50. The van der Waals surface area contributed by atoms with E-state index in [4.69, 9.17) is 28.9 Å². The monoisotopic (exact) mass is 234 g/mol. The van der Waals surface area contributed by atoms with E-state index in [2.05, 4.69) is 5.32 Å². The van der Waals surface area contributed by atoms with Crippen molar-refractivity contribution in [1.82, 2.24) is 0 Å². The predicted molar refractivity (Wildman–Crippen MR) is 60.0 cm³/mol. The molecule has 0 saturated heterocycles. The van der Waals surface area contributed by atoms with Gasteiger partial charge in [0.1, 0.15) is 0 Å². The molecule has 3 nitrogen and oxygen atoms in total. The maximum Gasteiger partial charge on any atom is 0.0834 e. The standard InChI is InChI=1S/C9H12Cl2N2O/c10-6-1-7(11)3-8(2-6)13-5-9(14)4-12/h1-3,9,13-14H,4-5,12H2. The van der Waals surface area contributed by atoms with Crippen LogP contribution in [0.5, 0.6) is 0 Å². The van der Waals surface area contributed by atoms with Crippen molar-refractivity contribution in [3.05, 3.63) is 28.2 Å². The van der Waals surface area contributed by atoms with Crippen molar-refractivity contribution in [2.75, 3.05) is 18.4 Å². The number of nitrogens with two attached hydrogens (primary N) is 1. The quantitative estimate of drug-likeness (QED) is 0.744. The number of rotatable bonds is 4. The van der Waals surface area contributed by atoms with Crippen LogP contribution in [0, 0.1) is 0 Å². The first-order valence-electron chi connectivity index (χ1n) is 4.20. The van der Waals surface area contributed by atoms with E-state index in [0.29, 0.717) is 16.6 Å². The average Bonchev–Trinajstić information content (AvgIpc) is 2.12. The van der Waals surface area contributed by atoms with Gasteiger partial charge in [-0.2, -0.15) is 0 Å². The molecule has 1 rings (SSSR count). The van der Waals surface area contributed by atoms with Crippen molar-refractivity contribution < 1.29 is 5.11 Å². The topological polar surface area (TPSA) is 58.3 Å². The van der Waals surface area contributed by atoms with Crippen molar-refractivity contribution in [1.29, 1.82) is 0 Å². The second-order valence-electron chi connectivity index (χ2n) is 2.93. The second kappa shape index (κ2) is 5.41. The first-order chi connectivity index (χ1) is 6.61. The number of hydrogen-bond acceptors (Lipinski definition) is 3. The Kier molecular flexibility index (Phi) is 4.48. The zero-order chi connectivity index (χ0) is 10.6. The van der Waals surface area contributed by atoms with Gasteiger partial charge in [0.2, 0.25) is 0 Å². The number of aliphatic hydroxyl groups is 1. The minimum Gasteiger partial charge on any atom is -0.390 e. The summed E-state index contributed by atoms with van der Waals surface area (Å²) in [6.45, 7) is 0.606. The summed E-state index contributed by atoms with van der Waals surface area (Å²) in [7, 11) is 0. The van der Waals surface area contributed by atoms with Crippen LogP contribution in [-0.4, -0.2) is 24.3 Å². The highest BCUT2D eigenvalue weighted by atomic mass is 35.5. The molecule has 78 valence electrons. The summed E-state index contributed by atoms with van der Waals surface area (Å²) < 4.78 is 0. The van der Waals surface area contributed by atoms with Gasteiger partial charge in [0.15, 0.2) is 0 Å². The second-order valence-corrected chi connectivity index (χ2v) is 3.80. The molecule has 0 aliphatic heterocycles. The molecule has 0 spiro atoms. The lowest BCUT2D eigenvalue weighted by Crippen LogP contribution is -2.27. The molecule has 5 heteroatoms. The first kappa shape index (κ1) is 11.6. The fourth-order valence-electron chi connectivity index (χ4n) is 0.975. The SMILES string of the molecule is NCC(O)CNc1cc(Cl)cc(Cl)c1. The number of halogens is 2. The Hall–Kier alpha value is -0.480. The highest BCUT2D eigenvalue weighted by molar-refractivity contribution is 6.35. The average molecular weight is 235 g/mol. The largest absolute Gasteiger partial charge is 0.390 e. The fourth-order valence-corrected chi connectivity index (χ4v) is 1.50. The smallest absolute Gasteiger partial charge is 0.0834 e. The molecule has 0 fully saturated rings. The van der Waals surface area contributed by atoms with Crippen LogP contribution in [0.25, 0.3) is 0 Å². The molecule has 0 radical (unpaired) electrons. The Balaban J connectivity index is 2.58. The Morgan fingerprint density at radius 3 is 2.36 bits per heavy atom. The number of anilines is 1. The van der Waals surface area contributed by atoms with Crippen LogP contribution in [0.15, 0.2) is 18.2 Å². The fraction of sp³-hybridized carbons (Fsp3) is 0.333. The van der Waals surface area contributed by atoms with Crippen molar-refractivity contribution in [3.63, 3.8) is 0 Å². The summed E-state index contributed by atoms with van der Waals surface area (Å²) in [5.74, 6) is 0. The molecule has 0 amide bonds. The molecule has 1 aromatic rings. The van der Waals surface area contributed by atoms with E-state index in [9.17, 15) is 5.11 Å². The Morgan fingerprint density at radius 1 is 1.29 bits per heavy atom. The van der Waals surface area contributed by atoms with Gasteiger partial charge in [-0.15, -0.1) is 0 Å². The van der Waals surface area contributed by atoms with E-state index in [-0.39, 0.29) is 6.54 Å². The lowest BCUT2D eigenvalue weighted by Gasteiger charge is -2.10. The van der Waals surface area contributed by atoms with E-state index in [1.807, 2.05) is 0 Å². The molecular formula is C9H12Cl2N2O. The molecular weight excluding hydrogens is 223 g/mol. The molecule has 0 aliphatic rings. The van der Waals surface area contributed by atoms with E-state index in [1.165, 1.54) is 0 Å². The van der Waals surface area contributed by atoms with Gasteiger partial charge >= 0.3 is 0 Å². The van der Waals surface area contributed by atoms with Crippen LogP contribution in [0.1, 0.15) is 0 Å². The Morgan fingerprint density at radius 2 is 1.86 bits per heavy atom. The summed E-state index contributed by atoms with van der Waals surface area (Å²) >= 11 is 11.6. The van der Waals surface area contributed by atoms with E-state index >= 15 is 0 Å². The van der Waals surface area contributed by atoms with E-state index in [0.717, 1.165) is 5.69 Å². The van der Waals surface area contributed by atoms with Gasteiger partial charge in [0.05, 0.1) is 6.10 Å². The van der Waals surface area contributed by atoms with Crippen molar-refractivity contribution in [2.24, 2.45) is 5.73 Å². The van der Waals surface area contributed by atoms with Crippen LogP contribution in [0.4, 0.5) is 5.69 Å². The Bertz CT molecular complexity index is 287. The summed E-state index contributed by atoms with van der Waals surface area (Å²) in [5.41, 5.74) is 6.03. The third-order valence-electron chi connectivity index (χ3n) is 1.68. The maximum atomic E-state index is 9.20. The van der Waals surface area contributed by atoms with Crippen molar-refractivity contribution in [2.45, 2.75) is 6.10 Å². The summed E-state index contributed by atoms with van der Waals surface area (Å²) in [6.07, 6.45) is -0.562. The van der Waals surface area contributed by atoms with Gasteiger partial charge in [0, 0.05) is 28.8 Å². The highest BCUT2D eigenvalue weighted by Crippen LogP contribution is 2.22. The highest BCUT2D eigenvalue weighted by Gasteiger charge is 2.01. The van der Waals surface area contributed by atoms with Crippen LogP contribution >= 0.6 is 23.2 Å². The lowest BCUT2D eigenvalue weighted by atomic mass is 10.3. The molecule has 1 aromatic carbocycles. The molecule has 0 bridgehead atoms. The molecule has 0 heterocycles. The predicted octanol–water partition coefficient (Wildman–Crippen LogP) is 1.72. The van der Waals surface area contributed by atoms with Gasteiger partial charge in [-0.1, -0.05) is 23.2 Å². The summed E-state index contributed by atoms with van der Waals surface area (Å²) in [5, 5.41) is 13.3. The van der Waals surface area contributed by atoms with Gasteiger partial charge < -0.3 is 16.2 Å². The third kappa shape index (κ3) is 3.72. The Labute approximate surface area is 92.8 Å². The summed E-state index contributed by atoms with van der Waals surface area (Å²) in [4.78, 5) is 0. The molecule has 1 unspecified atom stereocenters. The molecule has 4 N–H and O–H groups in total. The molecule has 1 atom stereocenters. The minimum absolute atomic E-state index is 0.224. The van der Waals surface area contributed by atoms with Gasteiger partial charge in [-0.25, -0.2) is 0 Å². The number of benzene rings is 1. The van der Waals surface area contributed by atoms with Gasteiger partial charge in [0.25, 0.3) is 0 Å². The van der Waals surface area contributed by atoms with Crippen LogP contribution < -0.4 is 11.1 Å². The maximum absolute atomic E-state index is 9.20. The van der Waals surface area contributed by atoms with E-state index in [1.54, 1.807) is 18.2 Å². The first-order valence-corrected chi connectivity index (χ1v) is 4.95. The number of aliphatic hydroxyl groups excluding tert-OH is 1. The van der Waals surface area contributed by atoms with Crippen molar-refractivity contribution >= 4 is 28.9 Å². The number of nitrogens with one attached hydrogen (secondary N) is 1. The van der Waals surface area contributed by atoms with Gasteiger partial charge in [-0.05, 0) is 18.2 Å². The summed E-state index contributed by atoms with van der Waals surface area (Å²) in [6, 6.07) is 5.11. The van der Waals surface area contributed by atoms with Crippen LogP contribution in [-0.2, 0) is 0 Å². The third-order valence-corrected chi connectivity index (χ3v) is 2.11. The lowest BCUT2D eigenvalue weighted by molar-refractivity contribution is 0.196. The molecule has 14 heavy (non-hydrogen) atoms. The van der Waals surface area contributed by atoms with Crippen LogP contribution in [0.3, 0.4) is 0 Å². The van der Waals surface area contributed by atoms with Crippen LogP contribution in [0.2, 0.25) is 10.0 Å². The molecule has 0 saturated carbocycles. The van der Waals surface area contributed by atoms with Gasteiger partial charge in [-0.3, -0.25) is 0 Å². The zero-order valence-corrected chi connectivity index (χ0v) is 9.02. The number of hydrogen-bond donors (Lipinski definition) is 3. The molecule has 0 aromatic heterocycles.